The summed E-state index contributed by atoms with van der Waals surface area (Å²) in [7, 11) is 0. The Morgan fingerprint density at radius 1 is 1.07 bits per heavy atom. The SMILES string of the molecule is CC(=O)N1CCCN(C(C)C)CCC1. The Bertz CT molecular complexity index is 182. The van der Waals surface area contributed by atoms with Crippen molar-refractivity contribution in [3.8, 4) is 0 Å². The third kappa shape index (κ3) is 3.29. The Balaban J connectivity index is 2.39. The Hall–Kier alpha value is -0.570. The fourth-order valence-corrected chi connectivity index (χ4v) is 1.98. The zero-order valence-electron chi connectivity index (χ0n) is 9.62. The van der Waals surface area contributed by atoms with Crippen molar-refractivity contribution in [1.29, 1.82) is 0 Å². The van der Waals surface area contributed by atoms with Gasteiger partial charge in [-0.1, -0.05) is 0 Å². The van der Waals surface area contributed by atoms with E-state index in [4.69, 9.17) is 0 Å². The van der Waals surface area contributed by atoms with Gasteiger partial charge in [0.1, 0.15) is 0 Å². The first-order valence-corrected chi connectivity index (χ1v) is 5.61. The molecule has 0 aromatic heterocycles. The van der Waals surface area contributed by atoms with E-state index in [0.29, 0.717) is 6.04 Å². The fraction of sp³-hybridized carbons (Fsp3) is 0.909. The van der Waals surface area contributed by atoms with E-state index < -0.39 is 0 Å². The van der Waals surface area contributed by atoms with E-state index in [1.54, 1.807) is 6.92 Å². The molecule has 0 aliphatic carbocycles. The summed E-state index contributed by atoms with van der Waals surface area (Å²) < 4.78 is 0. The number of rotatable bonds is 1. The van der Waals surface area contributed by atoms with Crippen LogP contribution in [-0.4, -0.2) is 47.9 Å². The zero-order chi connectivity index (χ0) is 10.6. The fourth-order valence-electron chi connectivity index (χ4n) is 1.98. The van der Waals surface area contributed by atoms with E-state index in [9.17, 15) is 4.79 Å². The molecule has 14 heavy (non-hydrogen) atoms. The topological polar surface area (TPSA) is 23.6 Å². The van der Waals surface area contributed by atoms with Crippen LogP contribution in [-0.2, 0) is 4.79 Å². The summed E-state index contributed by atoms with van der Waals surface area (Å²) in [5.41, 5.74) is 0. The number of carbonyl (C=O) groups is 1. The summed E-state index contributed by atoms with van der Waals surface area (Å²) in [5.74, 6) is 0.225. The van der Waals surface area contributed by atoms with Gasteiger partial charge in [0, 0.05) is 39.1 Å². The quantitative estimate of drug-likeness (QED) is 0.635. The Morgan fingerprint density at radius 3 is 1.93 bits per heavy atom. The van der Waals surface area contributed by atoms with Crippen LogP contribution in [0.2, 0.25) is 0 Å². The normalized spacial score (nSPS) is 20.7. The third-order valence-electron chi connectivity index (χ3n) is 2.92. The van der Waals surface area contributed by atoms with Gasteiger partial charge in [0.05, 0.1) is 0 Å². The highest BCUT2D eigenvalue weighted by Gasteiger charge is 2.15. The van der Waals surface area contributed by atoms with Crippen LogP contribution in [0.1, 0.15) is 33.6 Å². The molecule has 0 N–H and O–H groups in total. The average Bonchev–Trinajstić information content (AvgIpc) is 2.01. The number of hydrogen-bond donors (Lipinski definition) is 0. The molecule has 0 saturated carbocycles. The first-order chi connectivity index (χ1) is 6.61. The van der Waals surface area contributed by atoms with Gasteiger partial charge < -0.3 is 9.80 Å². The summed E-state index contributed by atoms with van der Waals surface area (Å²) in [4.78, 5) is 15.7. The Morgan fingerprint density at radius 2 is 1.57 bits per heavy atom. The molecule has 3 nitrogen and oxygen atoms in total. The molecule has 1 aliphatic rings. The second kappa shape index (κ2) is 5.35. The van der Waals surface area contributed by atoms with E-state index in [1.165, 1.54) is 0 Å². The van der Waals surface area contributed by atoms with Crippen molar-refractivity contribution in [3.63, 3.8) is 0 Å². The van der Waals surface area contributed by atoms with Crippen LogP contribution in [0.25, 0.3) is 0 Å². The molecule has 1 heterocycles. The summed E-state index contributed by atoms with van der Waals surface area (Å²) in [6.07, 6.45) is 2.22. The summed E-state index contributed by atoms with van der Waals surface area (Å²) in [6.45, 7) is 10.3. The van der Waals surface area contributed by atoms with Crippen molar-refractivity contribution < 1.29 is 4.79 Å². The van der Waals surface area contributed by atoms with Crippen LogP contribution < -0.4 is 0 Å². The molecule has 1 amide bonds. The van der Waals surface area contributed by atoms with Gasteiger partial charge in [0.2, 0.25) is 5.91 Å². The van der Waals surface area contributed by atoms with Gasteiger partial charge in [-0.2, -0.15) is 0 Å². The molecule has 3 heteroatoms. The highest BCUT2D eigenvalue weighted by atomic mass is 16.2. The lowest BCUT2D eigenvalue weighted by molar-refractivity contribution is -0.129. The minimum absolute atomic E-state index is 0.225. The molecule has 1 fully saturated rings. The lowest BCUT2D eigenvalue weighted by atomic mass is 10.2. The van der Waals surface area contributed by atoms with Crippen molar-refractivity contribution in [1.82, 2.24) is 9.80 Å². The van der Waals surface area contributed by atoms with Gasteiger partial charge in [-0.3, -0.25) is 4.79 Å². The van der Waals surface area contributed by atoms with Gasteiger partial charge in [-0.05, 0) is 26.7 Å². The van der Waals surface area contributed by atoms with Gasteiger partial charge >= 0.3 is 0 Å². The van der Waals surface area contributed by atoms with E-state index >= 15 is 0 Å². The van der Waals surface area contributed by atoms with Gasteiger partial charge in [0.25, 0.3) is 0 Å². The molecule has 0 bridgehead atoms. The maximum absolute atomic E-state index is 11.2. The number of nitrogens with zero attached hydrogens (tertiary/aromatic N) is 2. The molecule has 0 aromatic rings. The van der Waals surface area contributed by atoms with Gasteiger partial charge in [-0.25, -0.2) is 0 Å². The lowest BCUT2D eigenvalue weighted by Crippen LogP contribution is -2.41. The summed E-state index contributed by atoms with van der Waals surface area (Å²) in [5, 5.41) is 0. The largest absolute Gasteiger partial charge is 0.343 e. The molecule has 1 aliphatic heterocycles. The van der Waals surface area contributed by atoms with Crippen LogP contribution in [0.3, 0.4) is 0 Å². The van der Waals surface area contributed by atoms with E-state index in [-0.39, 0.29) is 5.91 Å². The summed E-state index contributed by atoms with van der Waals surface area (Å²) in [6, 6.07) is 0.638. The van der Waals surface area contributed by atoms with Crippen LogP contribution in [0, 0.1) is 0 Å². The van der Waals surface area contributed by atoms with E-state index in [2.05, 4.69) is 18.7 Å². The predicted octanol–water partition coefficient (Wildman–Crippen LogP) is 1.34. The number of amides is 1. The molecule has 82 valence electrons. The first-order valence-electron chi connectivity index (χ1n) is 5.61. The molecule has 1 saturated heterocycles. The standard InChI is InChI=1S/C11H22N2O/c1-10(2)12-6-4-8-13(11(3)14)9-5-7-12/h10H,4-9H2,1-3H3. The molecule has 1 rings (SSSR count). The predicted molar refractivity (Wildman–Crippen MR) is 58.2 cm³/mol. The van der Waals surface area contributed by atoms with Crippen LogP contribution >= 0.6 is 0 Å². The molecular weight excluding hydrogens is 176 g/mol. The number of hydrogen-bond acceptors (Lipinski definition) is 2. The van der Waals surface area contributed by atoms with Crippen LogP contribution in [0.4, 0.5) is 0 Å². The Labute approximate surface area is 87.1 Å². The minimum atomic E-state index is 0.225. The molecule has 0 radical (unpaired) electrons. The summed E-state index contributed by atoms with van der Waals surface area (Å²) >= 11 is 0. The van der Waals surface area contributed by atoms with Crippen molar-refractivity contribution >= 4 is 5.91 Å². The maximum atomic E-state index is 11.2. The van der Waals surface area contributed by atoms with Gasteiger partial charge in [0.15, 0.2) is 0 Å². The minimum Gasteiger partial charge on any atom is -0.343 e. The van der Waals surface area contributed by atoms with Crippen molar-refractivity contribution in [2.45, 2.75) is 39.7 Å². The van der Waals surface area contributed by atoms with Crippen molar-refractivity contribution in [3.05, 3.63) is 0 Å². The second-order valence-electron chi connectivity index (χ2n) is 4.34. The lowest BCUT2D eigenvalue weighted by Gasteiger charge is -2.32. The van der Waals surface area contributed by atoms with Crippen molar-refractivity contribution in [2.75, 3.05) is 26.2 Å². The van der Waals surface area contributed by atoms with Crippen LogP contribution in [0.15, 0.2) is 0 Å². The molecule has 0 unspecified atom stereocenters. The highest BCUT2D eigenvalue weighted by Crippen LogP contribution is 2.07. The molecule has 0 spiro atoms. The van der Waals surface area contributed by atoms with E-state index in [1.807, 2.05) is 4.90 Å². The maximum Gasteiger partial charge on any atom is 0.219 e. The highest BCUT2D eigenvalue weighted by molar-refractivity contribution is 5.73. The Kier molecular flexibility index (Phi) is 4.39. The van der Waals surface area contributed by atoms with E-state index in [0.717, 1.165) is 39.0 Å². The monoisotopic (exact) mass is 198 g/mol. The zero-order valence-corrected chi connectivity index (χ0v) is 9.62. The molecule has 0 aromatic carbocycles. The molecule has 0 atom stereocenters. The van der Waals surface area contributed by atoms with Gasteiger partial charge in [-0.15, -0.1) is 0 Å². The number of carbonyl (C=O) groups excluding carboxylic acids is 1. The van der Waals surface area contributed by atoms with Crippen molar-refractivity contribution in [2.24, 2.45) is 0 Å². The third-order valence-corrected chi connectivity index (χ3v) is 2.92. The van der Waals surface area contributed by atoms with Crippen LogP contribution in [0.5, 0.6) is 0 Å². The first kappa shape index (κ1) is 11.5. The average molecular weight is 198 g/mol. The molecular formula is C11H22N2O. The second-order valence-corrected chi connectivity index (χ2v) is 4.34. The smallest absolute Gasteiger partial charge is 0.219 e.